The molecule has 4 aromatic rings. The van der Waals surface area contributed by atoms with Gasteiger partial charge in [-0.2, -0.15) is 5.10 Å². The van der Waals surface area contributed by atoms with Gasteiger partial charge < -0.3 is 20.7 Å². The Kier molecular flexibility index (Phi) is 8.89. The van der Waals surface area contributed by atoms with E-state index >= 15 is 0 Å². The molecule has 0 fully saturated rings. The van der Waals surface area contributed by atoms with E-state index in [1.165, 1.54) is 0 Å². The quantitative estimate of drug-likeness (QED) is 0.179. The molecule has 8 nitrogen and oxygen atoms in total. The molecule has 0 unspecified atom stereocenters. The fourth-order valence-corrected chi connectivity index (χ4v) is 4.62. The third-order valence-electron chi connectivity index (χ3n) is 6.39. The first kappa shape index (κ1) is 28.4. The number of hydrogen-bond acceptors (Lipinski definition) is 5. The van der Waals surface area contributed by atoms with Crippen LogP contribution in [-0.2, 0) is 21.5 Å². The number of benzene rings is 3. The van der Waals surface area contributed by atoms with Crippen LogP contribution >= 0.6 is 0 Å². The molecular weight excluding hydrogens is 502 g/mol. The van der Waals surface area contributed by atoms with Crippen molar-refractivity contribution in [1.29, 1.82) is 0 Å². The number of rotatable bonds is 10. The van der Waals surface area contributed by atoms with Crippen molar-refractivity contribution in [2.24, 2.45) is 0 Å². The van der Waals surface area contributed by atoms with Crippen molar-refractivity contribution >= 4 is 23.5 Å². The Morgan fingerprint density at radius 3 is 1.77 bits per heavy atom. The molecule has 0 radical (unpaired) electrons. The molecule has 1 heterocycles. The van der Waals surface area contributed by atoms with Crippen LogP contribution in [0.5, 0.6) is 0 Å². The molecule has 0 saturated heterocycles. The van der Waals surface area contributed by atoms with Gasteiger partial charge in [0.2, 0.25) is 5.91 Å². The molecule has 0 spiro atoms. The second-order valence-electron chi connectivity index (χ2n) is 10.5. The van der Waals surface area contributed by atoms with E-state index in [4.69, 9.17) is 4.74 Å². The van der Waals surface area contributed by atoms with Gasteiger partial charge in [0.1, 0.15) is 22.6 Å². The fourth-order valence-electron chi connectivity index (χ4n) is 4.62. The van der Waals surface area contributed by atoms with Crippen molar-refractivity contribution in [2.45, 2.75) is 51.7 Å². The molecule has 4 rings (SSSR count). The Hall–Kier alpha value is -4.59. The van der Waals surface area contributed by atoms with Crippen molar-refractivity contribution in [3.8, 4) is 0 Å². The number of nitrogens with zero attached hydrogens (tertiary/aromatic N) is 1. The molecule has 4 N–H and O–H groups in total. The molecular formula is C32H37N5O3. The lowest BCUT2D eigenvalue weighted by molar-refractivity contribution is -0.116. The zero-order chi connectivity index (χ0) is 28.6. The average Bonchev–Trinajstić information content (AvgIpc) is 3.32. The van der Waals surface area contributed by atoms with Crippen LogP contribution in [0.25, 0.3) is 0 Å². The molecule has 8 heteroatoms. The highest BCUT2D eigenvalue weighted by molar-refractivity contribution is 5.95. The Morgan fingerprint density at radius 2 is 1.32 bits per heavy atom. The topological polar surface area (TPSA) is 108 Å². The van der Waals surface area contributed by atoms with E-state index < -0.39 is 17.2 Å². The summed E-state index contributed by atoms with van der Waals surface area (Å²) in [5.74, 6) is 0.335. The largest absolute Gasteiger partial charge is 0.444 e. The van der Waals surface area contributed by atoms with Crippen LogP contribution < -0.4 is 16.0 Å². The highest BCUT2D eigenvalue weighted by Gasteiger charge is 2.37. The number of alkyl carbamates (subject to hydrolysis) is 1. The first-order chi connectivity index (χ1) is 19.2. The number of carbonyl (C=O) groups excluding carboxylic acids is 2. The van der Waals surface area contributed by atoms with Crippen LogP contribution in [0.4, 0.5) is 16.3 Å². The van der Waals surface area contributed by atoms with Crippen LogP contribution in [0.1, 0.15) is 56.5 Å². The third-order valence-corrected chi connectivity index (χ3v) is 6.39. The summed E-state index contributed by atoms with van der Waals surface area (Å²) in [4.78, 5) is 25.0. The first-order valence-electron chi connectivity index (χ1n) is 13.5. The highest BCUT2D eigenvalue weighted by atomic mass is 16.6. The Morgan fingerprint density at radius 1 is 0.825 bits per heavy atom. The molecule has 208 valence electrons. The standard InChI is InChI=1S/C32H37N5O3/c1-5-26-28(34-27(38)21-22-33-30(39)40-31(2,3)4)29(37-36-26)35-32(23-15-9-6-10-16-23,24-17-11-7-12-18-24)25-19-13-8-14-20-25/h6-20H,5,21-22H2,1-4H3,(H,33,39)(H,34,38)(H2,35,36,37). The molecule has 0 atom stereocenters. The SMILES string of the molecule is CCc1n[nH]c(NC(c2ccccc2)(c2ccccc2)c2ccccc2)c1NC(=O)CCNC(=O)OC(C)(C)C. The summed E-state index contributed by atoms with van der Waals surface area (Å²) in [6.45, 7) is 7.50. The van der Waals surface area contributed by atoms with E-state index in [-0.39, 0.29) is 18.9 Å². The third kappa shape index (κ3) is 6.69. The summed E-state index contributed by atoms with van der Waals surface area (Å²) < 4.78 is 5.26. The van der Waals surface area contributed by atoms with Gasteiger partial charge in [-0.3, -0.25) is 9.89 Å². The van der Waals surface area contributed by atoms with Crippen LogP contribution in [0.2, 0.25) is 0 Å². The van der Waals surface area contributed by atoms with Gasteiger partial charge in [-0.15, -0.1) is 0 Å². The number of hydrogen-bond donors (Lipinski definition) is 4. The van der Waals surface area contributed by atoms with Gasteiger partial charge in [0.15, 0.2) is 0 Å². The van der Waals surface area contributed by atoms with Crippen molar-refractivity contribution in [3.05, 3.63) is 113 Å². The van der Waals surface area contributed by atoms with Gasteiger partial charge in [-0.1, -0.05) is 97.9 Å². The van der Waals surface area contributed by atoms with Crippen LogP contribution in [0.3, 0.4) is 0 Å². The first-order valence-corrected chi connectivity index (χ1v) is 13.5. The summed E-state index contributed by atoms with van der Waals surface area (Å²) >= 11 is 0. The zero-order valence-electron chi connectivity index (χ0n) is 23.5. The number of carbonyl (C=O) groups is 2. The van der Waals surface area contributed by atoms with E-state index in [0.29, 0.717) is 17.9 Å². The lowest BCUT2D eigenvalue weighted by Gasteiger charge is -2.37. The predicted octanol–water partition coefficient (Wildman–Crippen LogP) is 6.23. The molecule has 0 aliphatic rings. The second-order valence-corrected chi connectivity index (χ2v) is 10.5. The Labute approximate surface area is 235 Å². The van der Waals surface area contributed by atoms with Crippen LogP contribution in [0, 0.1) is 0 Å². The van der Waals surface area contributed by atoms with E-state index in [1.807, 2.05) is 61.5 Å². The van der Waals surface area contributed by atoms with Gasteiger partial charge in [-0.25, -0.2) is 4.79 Å². The lowest BCUT2D eigenvalue weighted by atomic mass is 9.77. The van der Waals surface area contributed by atoms with E-state index in [9.17, 15) is 9.59 Å². The maximum absolute atomic E-state index is 13.0. The van der Waals surface area contributed by atoms with Gasteiger partial charge in [0, 0.05) is 13.0 Å². The lowest BCUT2D eigenvalue weighted by Crippen LogP contribution is -2.38. The second kappa shape index (κ2) is 12.5. The van der Waals surface area contributed by atoms with Crippen molar-refractivity contribution in [2.75, 3.05) is 17.2 Å². The number of aromatic amines is 1. The summed E-state index contributed by atoms with van der Waals surface area (Å²) in [5, 5.41) is 17.0. The molecule has 2 amide bonds. The smallest absolute Gasteiger partial charge is 0.407 e. The summed E-state index contributed by atoms with van der Waals surface area (Å²) in [6, 6.07) is 30.6. The number of nitrogens with one attached hydrogen (secondary N) is 4. The predicted molar refractivity (Wildman–Crippen MR) is 158 cm³/mol. The van der Waals surface area contributed by atoms with E-state index in [2.05, 4.69) is 62.5 Å². The Balaban J connectivity index is 1.67. The van der Waals surface area contributed by atoms with Crippen molar-refractivity contribution in [1.82, 2.24) is 15.5 Å². The van der Waals surface area contributed by atoms with Crippen molar-refractivity contribution < 1.29 is 14.3 Å². The summed E-state index contributed by atoms with van der Waals surface area (Å²) in [6.07, 6.45) is 0.131. The molecule has 0 aliphatic heterocycles. The van der Waals surface area contributed by atoms with Crippen molar-refractivity contribution in [3.63, 3.8) is 0 Å². The van der Waals surface area contributed by atoms with Gasteiger partial charge >= 0.3 is 6.09 Å². The van der Waals surface area contributed by atoms with Gasteiger partial charge in [-0.05, 0) is 43.9 Å². The monoisotopic (exact) mass is 539 g/mol. The number of ether oxygens (including phenoxy) is 1. The summed E-state index contributed by atoms with van der Waals surface area (Å²) in [5.41, 5.74) is 2.98. The fraction of sp³-hybridized carbons (Fsp3) is 0.281. The van der Waals surface area contributed by atoms with Gasteiger partial charge in [0.05, 0.1) is 5.69 Å². The minimum atomic E-state index is -0.793. The minimum Gasteiger partial charge on any atom is -0.444 e. The Bertz CT molecular complexity index is 1300. The van der Waals surface area contributed by atoms with Gasteiger partial charge in [0.25, 0.3) is 0 Å². The van der Waals surface area contributed by atoms with Crippen LogP contribution in [-0.4, -0.2) is 34.3 Å². The molecule has 0 aliphatic carbocycles. The minimum absolute atomic E-state index is 0.0776. The average molecular weight is 540 g/mol. The normalized spacial score (nSPS) is 11.5. The zero-order valence-corrected chi connectivity index (χ0v) is 23.5. The van der Waals surface area contributed by atoms with Crippen LogP contribution in [0.15, 0.2) is 91.0 Å². The molecule has 40 heavy (non-hydrogen) atoms. The maximum atomic E-state index is 13.0. The number of anilines is 2. The number of amides is 2. The molecule has 0 bridgehead atoms. The number of aryl methyl sites for hydroxylation is 1. The molecule has 0 saturated carbocycles. The van der Waals surface area contributed by atoms with E-state index in [0.717, 1.165) is 22.4 Å². The molecule has 3 aromatic carbocycles. The number of aromatic nitrogens is 2. The van der Waals surface area contributed by atoms with E-state index in [1.54, 1.807) is 20.8 Å². The highest BCUT2D eigenvalue weighted by Crippen LogP contribution is 2.41. The number of H-pyrrole nitrogens is 1. The molecule has 1 aromatic heterocycles. The summed E-state index contributed by atoms with van der Waals surface area (Å²) in [7, 11) is 0. The maximum Gasteiger partial charge on any atom is 0.407 e.